The first-order valence-electron chi connectivity index (χ1n) is 7.04. The van der Waals surface area contributed by atoms with Gasteiger partial charge in [-0.15, -0.1) is 0 Å². The van der Waals surface area contributed by atoms with Crippen molar-refractivity contribution in [2.75, 3.05) is 25.6 Å². The number of anilines is 1. The predicted molar refractivity (Wildman–Crippen MR) is 79.9 cm³/mol. The van der Waals surface area contributed by atoms with Crippen LogP contribution in [-0.2, 0) is 6.42 Å². The van der Waals surface area contributed by atoms with E-state index in [9.17, 15) is 0 Å². The summed E-state index contributed by atoms with van der Waals surface area (Å²) in [6.45, 7) is 1.71. The molecule has 5 heteroatoms. The van der Waals surface area contributed by atoms with E-state index in [0.29, 0.717) is 42.8 Å². The fraction of sp³-hybridized carbons (Fsp3) is 0.312. The van der Waals surface area contributed by atoms with E-state index in [0.717, 1.165) is 12.8 Å². The Bertz CT molecular complexity index is 602. The Labute approximate surface area is 123 Å². The van der Waals surface area contributed by atoms with Crippen LogP contribution >= 0.6 is 0 Å². The van der Waals surface area contributed by atoms with Crippen molar-refractivity contribution in [1.29, 1.82) is 0 Å². The van der Waals surface area contributed by atoms with E-state index in [4.69, 9.17) is 19.9 Å². The van der Waals surface area contributed by atoms with Gasteiger partial charge in [-0.3, -0.25) is 4.98 Å². The summed E-state index contributed by atoms with van der Waals surface area (Å²) in [5.74, 6) is 2.02. The lowest BCUT2D eigenvalue weighted by Gasteiger charge is -2.20. The molecule has 110 valence electrons. The molecule has 0 amide bonds. The summed E-state index contributed by atoms with van der Waals surface area (Å²) in [6, 6.07) is 7.58. The van der Waals surface area contributed by atoms with Crippen molar-refractivity contribution in [1.82, 2.24) is 4.98 Å². The molecule has 21 heavy (non-hydrogen) atoms. The van der Waals surface area contributed by atoms with Crippen molar-refractivity contribution in [3.8, 4) is 17.2 Å². The largest absolute Gasteiger partial charge is 0.491 e. The van der Waals surface area contributed by atoms with E-state index in [1.54, 1.807) is 24.5 Å². The Morgan fingerprint density at radius 2 is 1.81 bits per heavy atom. The molecule has 3 rings (SSSR count). The number of hydrogen-bond acceptors (Lipinski definition) is 5. The van der Waals surface area contributed by atoms with Crippen LogP contribution in [0.3, 0.4) is 0 Å². The summed E-state index contributed by atoms with van der Waals surface area (Å²) < 4.78 is 16.8. The van der Waals surface area contributed by atoms with Crippen molar-refractivity contribution in [3.05, 3.63) is 42.2 Å². The van der Waals surface area contributed by atoms with E-state index in [1.165, 1.54) is 5.56 Å². The summed E-state index contributed by atoms with van der Waals surface area (Å²) in [5, 5.41) is 0. The minimum atomic E-state index is 0.554. The van der Waals surface area contributed by atoms with Gasteiger partial charge in [-0.2, -0.15) is 0 Å². The predicted octanol–water partition coefficient (Wildman–Crippen LogP) is 2.45. The molecular weight excluding hydrogens is 268 g/mol. The monoisotopic (exact) mass is 286 g/mol. The molecule has 2 aromatic rings. The van der Waals surface area contributed by atoms with Crippen LogP contribution in [-0.4, -0.2) is 24.8 Å². The first kappa shape index (κ1) is 13.5. The highest BCUT2D eigenvalue weighted by Gasteiger charge is 2.15. The highest BCUT2D eigenvalue weighted by Crippen LogP contribution is 2.38. The summed E-state index contributed by atoms with van der Waals surface area (Å²) in [7, 11) is 0. The van der Waals surface area contributed by atoms with Crippen molar-refractivity contribution in [2.24, 2.45) is 0 Å². The van der Waals surface area contributed by atoms with Crippen LogP contribution in [0.1, 0.15) is 12.0 Å². The molecule has 0 aliphatic carbocycles. The Hall–Kier alpha value is -2.43. The standard InChI is InChI=1S/C16H18N2O3/c17-13-10-15-16(21-9-8-20-15)11-14(13)19-7-1-2-12-3-5-18-6-4-12/h3-6,10-11H,1-2,7-9,17H2. The molecule has 2 N–H and O–H groups in total. The van der Waals surface area contributed by atoms with Gasteiger partial charge >= 0.3 is 0 Å². The molecule has 0 bridgehead atoms. The van der Waals surface area contributed by atoms with Gasteiger partial charge in [0.15, 0.2) is 11.5 Å². The molecule has 0 fully saturated rings. The van der Waals surface area contributed by atoms with Gasteiger partial charge in [0.2, 0.25) is 0 Å². The van der Waals surface area contributed by atoms with Crippen LogP contribution < -0.4 is 19.9 Å². The minimum Gasteiger partial charge on any atom is -0.491 e. The molecule has 0 saturated carbocycles. The maximum atomic E-state index is 5.97. The lowest BCUT2D eigenvalue weighted by atomic mass is 10.1. The maximum absolute atomic E-state index is 5.97. The highest BCUT2D eigenvalue weighted by atomic mass is 16.6. The third-order valence-electron chi connectivity index (χ3n) is 3.29. The SMILES string of the molecule is Nc1cc2c(cc1OCCCc1ccncc1)OCCO2. The highest BCUT2D eigenvalue weighted by molar-refractivity contribution is 5.62. The number of aromatic nitrogens is 1. The molecule has 0 atom stereocenters. The van der Waals surface area contributed by atoms with Crippen LogP contribution in [0.5, 0.6) is 17.2 Å². The van der Waals surface area contributed by atoms with Gasteiger partial charge in [0, 0.05) is 24.5 Å². The van der Waals surface area contributed by atoms with Gasteiger partial charge in [0.25, 0.3) is 0 Å². The molecule has 1 aromatic heterocycles. The zero-order chi connectivity index (χ0) is 14.5. The van der Waals surface area contributed by atoms with Crippen molar-refractivity contribution >= 4 is 5.69 Å². The number of benzene rings is 1. The second kappa shape index (κ2) is 6.35. The number of pyridine rings is 1. The summed E-state index contributed by atoms with van der Waals surface area (Å²) in [4.78, 5) is 4.00. The third-order valence-corrected chi connectivity index (χ3v) is 3.29. The van der Waals surface area contributed by atoms with Gasteiger partial charge in [0.1, 0.15) is 19.0 Å². The average Bonchev–Trinajstić information content (AvgIpc) is 2.53. The average molecular weight is 286 g/mol. The lowest BCUT2D eigenvalue weighted by molar-refractivity contribution is 0.170. The van der Waals surface area contributed by atoms with Crippen molar-refractivity contribution < 1.29 is 14.2 Å². The fourth-order valence-electron chi connectivity index (χ4n) is 2.22. The van der Waals surface area contributed by atoms with E-state index < -0.39 is 0 Å². The Morgan fingerprint density at radius 1 is 1.10 bits per heavy atom. The zero-order valence-electron chi connectivity index (χ0n) is 11.7. The van der Waals surface area contributed by atoms with Crippen molar-refractivity contribution in [3.63, 3.8) is 0 Å². The molecule has 0 radical (unpaired) electrons. The van der Waals surface area contributed by atoms with Gasteiger partial charge in [-0.25, -0.2) is 0 Å². The Morgan fingerprint density at radius 3 is 2.57 bits per heavy atom. The fourth-order valence-corrected chi connectivity index (χ4v) is 2.22. The third kappa shape index (κ3) is 3.37. The summed E-state index contributed by atoms with van der Waals surface area (Å²) in [5.41, 5.74) is 7.79. The number of nitrogen functional groups attached to an aromatic ring is 1. The van der Waals surface area contributed by atoms with Crippen LogP contribution in [0.2, 0.25) is 0 Å². The molecule has 1 aliphatic rings. The number of nitrogens with two attached hydrogens (primary N) is 1. The molecule has 2 heterocycles. The van der Waals surface area contributed by atoms with Crippen LogP contribution in [0, 0.1) is 0 Å². The van der Waals surface area contributed by atoms with E-state index in [-0.39, 0.29) is 0 Å². The van der Waals surface area contributed by atoms with Gasteiger partial charge < -0.3 is 19.9 Å². The summed E-state index contributed by atoms with van der Waals surface area (Å²) in [6.07, 6.45) is 5.47. The van der Waals surface area contributed by atoms with E-state index in [1.807, 2.05) is 12.1 Å². The number of fused-ring (bicyclic) bond motifs is 1. The molecule has 0 unspecified atom stereocenters. The molecule has 0 spiro atoms. The van der Waals surface area contributed by atoms with Gasteiger partial charge in [-0.05, 0) is 30.5 Å². The van der Waals surface area contributed by atoms with Gasteiger partial charge in [0.05, 0.1) is 12.3 Å². The molecule has 1 aromatic carbocycles. The quantitative estimate of drug-likeness (QED) is 0.675. The topological polar surface area (TPSA) is 66.6 Å². The number of aryl methyl sites for hydroxylation is 1. The van der Waals surface area contributed by atoms with Crippen molar-refractivity contribution in [2.45, 2.75) is 12.8 Å². The second-order valence-corrected chi connectivity index (χ2v) is 4.84. The first-order chi connectivity index (χ1) is 10.3. The number of ether oxygens (including phenoxy) is 3. The number of rotatable bonds is 5. The number of nitrogens with zero attached hydrogens (tertiary/aromatic N) is 1. The van der Waals surface area contributed by atoms with E-state index >= 15 is 0 Å². The Balaban J connectivity index is 1.55. The number of hydrogen-bond donors (Lipinski definition) is 1. The minimum absolute atomic E-state index is 0.554. The molecular formula is C16H18N2O3. The normalized spacial score (nSPS) is 13.0. The molecule has 1 aliphatic heterocycles. The Kier molecular flexibility index (Phi) is 4.09. The zero-order valence-corrected chi connectivity index (χ0v) is 11.7. The van der Waals surface area contributed by atoms with Gasteiger partial charge in [-0.1, -0.05) is 0 Å². The summed E-state index contributed by atoms with van der Waals surface area (Å²) >= 11 is 0. The van der Waals surface area contributed by atoms with Crippen LogP contribution in [0.25, 0.3) is 0 Å². The molecule has 5 nitrogen and oxygen atoms in total. The van der Waals surface area contributed by atoms with E-state index in [2.05, 4.69) is 4.98 Å². The second-order valence-electron chi connectivity index (χ2n) is 4.84. The first-order valence-corrected chi connectivity index (χ1v) is 7.04. The maximum Gasteiger partial charge on any atom is 0.165 e. The van der Waals surface area contributed by atoms with Crippen LogP contribution in [0.15, 0.2) is 36.7 Å². The molecule has 0 saturated heterocycles. The lowest BCUT2D eigenvalue weighted by Crippen LogP contribution is -2.15. The van der Waals surface area contributed by atoms with Crippen LogP contribution in [0.4, 0.5) is 5.69 Å². The smallest absolute Gasteiger partial charge is 0.165 e.